The third-order valence-corrected chi connectivity index (χ3v) is 5.73. The number of piperazine rings is 3. The number of hydrogen-bond acceptors (Lipinski definition) is 4. The molecule has 0 amide bonds. The molecule has 1 saturated carbocycles. The Bertz CT molecular complexity index is 491. The zero-order valence-electron chi connectivity index (χ0n) is 12.7. The van der Waals surface area contributed by atoms with Crippen LogP contribution in [0.3, 0.4) is 0 Å². The Morgan fingerprint density at radius 2 is 1.95 bits per heavy atom. The Hall–Kier alpha value is -0.940. The van der Waals surface area contributed by atoms with Crippen molar-refractivity contribution in [1.82, 2.24) is 15.2 Å². The first-order valence-corrected chi connectivity index (χ1v) is 8.37. The standard InChI is InChI=1S/C17H26N4/c18-19-17(16-12-20-7-9-21(16)10-8-20)15-6-2-5-14(11-15)13-3-1-4-13/h2,5-6,11,13,16-17,19H,1,3-4,7-10,12,18H2. The average Bonchev–Trinajstić information content (AvgIpc) is 2.48. The second-order valence-electron chi connectivity index (χ2n) is 6.85. The zero-order valence-corrected chi connectivity index (χ0v) is 12.7. The highest BCUT2D eigenvalue weighted by Gasteiger charge is 2.37. The summed E-state index contributed by atoms with van der Waals surface area (Å²) in [6.07, 6.45) is 4.10. The molecular formula is C17H26N4. The molecule has 4 heteroatoms. The van der Waals surface area contributed by atoms with Crippen molar-refractivity contribution < 1.29 is 0 Å². The number of hydrazine groups is 1. The molecule has 0 aromatic heterocycles. The van der Waals surface area contributed by atoms with Crippen molar-refractivity contribution in [2.24, 2.45) is 5.84 Å². The van der Waals surface area contributed by atoms with Gasteiger partial charge in [0, 0.05) is 38.8 Å². The fourth-order valence-corrected chi connectivity index (χ4v) is 4.15. The highest BCUT2D eigenvalue weighted by atomic mass is 15.4. The molecule has 1 aromatic rings. The number of rotatable bonds is 4. The van der Waals surface area contributed by atoms with Crippen LogP contribution in [0, 0.1) is 0 Å². The Morgan fingerprint density at radius 1 is 1.14 bits per heavy atom. The number of nitrogens with zero attached hydrogens (tertiary/aromatic N) is 2. The van der Waals surface area contributed by atoms with E-state index >= 15 is 0 Å². The van der Waals surface area contributed by atoms with E-state index < -0.39 is 0 Å². The number of nitrogens with one attached hydrogen (secondary N) is 1. The highest BCUT2D eigenvalue weighted by molar-refractivity contribution is 5.31. The maximum absolute atomic E-state index is 5.94. The molecule has 2 bridgehead atoms. The van der Waals surface area contributed by atoms with Crippen LogP contribution in [-0.4, -0.2) is 48.6 Å². The lowest BCUT2D eigenvalue weighted by molar-refractivity contribution is -0.00371. The molecule has 2 atom stereocenters. The maximum atomic E-state index is 5.94. The van der Waals surface area contributed by atoms with Crippen molar-refractivity contribution in [3.05, 3.63) is 35.4 Å². The smallest absolute Gasteiger partial charge is 0.0627 e. The Morgan fingerprint density at radius 3 is 2.52 bits per heavy atom. The summed E-state index contributed by atoms with van der Waals surface area (Å²) in [5.41, 5.74) is 5.98. The van der Waals surface area contributed by atoms with Gasteiger partial charge in [-0.25, -0.2) is 0 Å². The number of nitrogens with two attached hydrogens (primary N) is 1. The summed E-state index contributed by atoms with van der Waals surface area (Å²) in [5, 5.41) is 0. The van der Waals surface area contributed by atoms with Crippen molar-refractivity contribution in [3.63, 3.8) is 0 Å². The topological polar surface area (TPSA) is 44.5 Å². The summed E-state index contributed by atoms with van der Waals surface area (Å²) in [7, 11) is 0. The molecule has 0 spiro atoms. The molecule has 21 heavy (non-hydrogen) atoms. The van der Waals surface area contributed by atoms with E-state index in [0.717, 1.165) is 12.5 Å². The van der Waals surface area contributed by atoms with Gasteiger partial charge in [0.05, 0.1) is 6.04 Å². The van der Waals surface area contributed by atoms with E-state index in [9.17, 15) is 0 Å². The first-order valence-electron chi connectivity index (χ1n) is 8.37. The van der Waals surface area contributed by atoms with Crippen LogP contribution in [0.4, 0.5) is 0 Å². The van der Waals surface area contributed by atoms with E-state index in [1.807, 2.05) is 0 Å². The van der Waals surface area contributed by atoms with Gasteiger partial charge >= 0.3 is 0 Å². The second kappa shape index (κ2) is 5.69. The van der Waals surface area contributed by atoms with Crippen LogP contribution < -0.4 is 11.3 Å². The van der Waals surface area contributed by atoms with E-state index in [1.54, 1.807) is 0 Å². The SMILES string of the molecule is NNC(c1cccc(C2CCC2)c1)C1CN2CCN1CC2. The van der Waals surface area contributed by atoms with Crippen molar-refractivity contribution in [2.45, 2.75) is 37.3 Å². The third kappa shape index (κ3) is 2.50. The van der Waals surface area contributed by atoms with Crippen LogP contribution in [0.25, 0.3) is 0 Å². The molecule has 1 aromatic carbocycles. The lowest BCUT2D eigenvalue weighted by Gasteiger charge is -2.50. The van der Waals surface area contributed by atoms with Crippen molar-refractivity contribution in [3.8, 4) is 0 Å². The van der Waals surface area contributed by atoms with Crippen molar-refractivity contribution in [2.75, 3.05) is 32.7 Å². The van der Waals surface area contributed by atoms with E-state index in [0.29, 0.717) is 6.04 Å². The Labute approximate surface area is 127 Å². The largest absolute Gasteiger partial charge is 0.299 e. The normalized spacial score (nSPS) is 33.7. The number of benzene rings is 1. The van der Waals surface area contributed by atoms with Gasteiger partial charge in [-0.3, -0.25) is 21.1 Å². The molecule has 5 rings (SSSR count). The summed E-state index contributed by atoms with van der Waals surface area (Å²) >= 11 is 0. The summed E-state index contributed by atoms with van der Waals surface area (Å²) in [6.45, 7) is 5.95. The molecule has 114 valence electrons. The van der Waals surface area contributed by atoms with Crippen LogP contribution >= 0.6 is 0 Å². The van der Waals surface area contributed by atoms with E-state index in [-0.39, 0.29) is 6.04 Å². The molecule has 2 unspecified atom stereocenters. The van der Waals surface area contributed by atoms with Gasteiger partial charge in [0.2, 0.25) is 0 Å². The predicted octanol–water partition coefficient (Wildman–Crippen LogP) is 1.46. The molecular weight excluding hydrogens is 260 g/mol. The minimum Gasteiger partial charge on any atom is -0.299 e. The lowest BCUT2D eigenvalue weighted by Crippen LogP contribution is -2.64. The molecule has 0 radical (unpaired) electrons. The molecule has 3 N–H and O–H groups in total. The van der Waals surface area contributed by atoms with Crippen LogP contribution in [0.5, 0.6) is 0 Å². The first-order chi connectivity index (χ1) is 10.3. The summed E-state index contributed by atoms with van der Waals surface area (Å²) in [5.74, 6) is 6.73. The molecule has 3 saturated heterocycles. The number of fused-ring (bicyclic) bond motifs is 3. The van der Waals surface area contributed by atoms with Gasteiger partial charge in [0.25, 0.3) is 0 Å². The summed E-state index contributed by atoms with van der Waals surface area (Å²) in [4.78, 5) is 5.19. The fraction of sp³-hybridized carbons (Fsp3) is 0.647. The van der Waals surface area contributed by atoms with Crippen LogP contribution in [0.1, 0.15) is 42.3 Å². The van der Waals surface area contributed by atoms with Gasteiger partial charge in [0.1, 0.15) is 0 Å². The second-order valence-corrected chi connectivity index (χ2v) is 6.85. The monoisotopic (exact) mass is 286 g/mol. The van der Waals surface area contributed by atoms with Crippen LogP contribution in [-0.2, 0) is 0 Å². The Kier molecular flexibility index (Phi) is 3.71. The minimum atomic E-state index is 0.244. The summed E-state index contributed by atoms with van der Waals surface area (Å²) < 4.78 is 0. The fourth-order valence-electron chi connectivity index (χ4n) is 4.15. The van der Waals surface area contributed by atoms with Crippen molar-refractivity contribution in [1.29, 1.82) is 0 Å². The molecule has 3 aliphatic heterocycles. The van der Waals surface area contributed by atoms with Crippen LogP contribution in [0.2, 0.25) is 0 Å². The minimum absolute atomic E-state index is 0.244. The maximum Gasteiger partial charge on any atom is 0.0627 e. The zero-order chi connectivity index (χ0) is 14.2. The average molecular weight is 286 g/mol. The van der Waals surface area contributed by atoms with Gasteiger partial charge in [0.15, 0.2) is 0 Å². The van der Waals surface area contributed by atoms with E-state index in [2.05, 4.69) is 39.5 Å². The molecule has 3 heterocycles. The van der Waals surface area contributed by atoms with Gasteiger partial charge in [-0.15, -0.1) is 0 Å². The van der Waals surface area contributed by atoms with Gasteiger partial charge in [-0.2, -0.15) is 0 Å². The molecule has 4 fully saturated rings. The number of hydrogen-bond donors (Lipinski definition) is 2. The first kappa shape index (κ1) is 13.7. The van der Waals surface area contributed by atoms with Crippen LogP contribution in [0.15, 0.2) is 24.3 Å². The van der Waals surface area contributed by atoms with Crippen molar-refractivity contribution >= 4 is 0 Å². The quantitative estimate of drug-likeness (QED) is 0.650. The van der Waals surface area contributed by atoms with Gasteiger partial charge < -0.3 is 0 Å². The van der Waals surface area contributed by atoms with E-state index in [1.165, 1.54) is 56.6 Å². The lowest BCUT2D eigenvalue weighted by atomic mass is 9.79. The van der Waals surface area contributed by atoms with E-state index in [4.69, 9.17) is 5.84 Å². The van der Waals surface area contributed by atoms with Gasteiger partial charge in [-0.05, 0) is 29.9 Å². The third-order valence-electron chi connectivity index (χ3n) is 5.73. The highest BCUT2D eigenvalue weighted by Crippen LogP contribution is 2.37. The molecule has 1 aliphatic carbocycles. The van der Waals surface area contributed by atoms with Gasteiger partial charge in [-0.1, -0.05) is 30.7 Å². The molecule has 4 nitrogen and oxygen atoms in total. The Balaban J connectivity index is 1.57. The predicted molar refractivity (Wildman–Crippen MR) is 84.9 cm³/mol. The summed E-state index contributed by atoms with van der Waals surface area (Å²) in [6, 6.07) is 9.89. The molecule has 4 aliphatic rings.